The highest BCUT2D eigenvalue weighted by atomic mass is 16.1. The lowest BCUT2D eigenvalue weighted by Gasteiger charge is -2.23. The normalized spacial score (nSPS) is 16.6. The standard InChI is InChI=1S/C22H24N2O/c1-15-7-11-20-19(13-15)18-10-9-17(14-21(18)24-20)23-22(25)12-8-16-5-3-2-4-6-16/h2-7,11,13,17,24H,8-10,12,14H2,1H3,(H,23,25). The first kappa shape index (κ1) is 15.9. The number of carbonyl (C=O) groups excluding carboxylic acids is 1. The Morgan fingerprint density at radius 2 is 2.04 bits per heavy atom. The van der Waals surface area contributed by atoms with Gasteiger partial charge in [-0.1, -0.05) is 42.0 Å². The summed E-state index contributed by atoms with van der Waals surface area (Å²) in [6.07, 6.45) is 4.31. The van der Waals surface area contributed by atoms with Crippen molar-refractivity contribution in [1.29, 1.82) is 0 Å². The SMILES string of the molecule is Cc1ccc2[nH]c3c(c2c1)CCC(NC(=O)CCc1ccccc1)C3. The Hall–Kier alpha value is -2.55. The Morgan fingerprint density at radius 3 is 2.88 bits per heavy atom. The van der Waals surface area contributed by atoms with Crippen molar-refractivity contribution in [3.8, 4) is 0 Å². The minimum atomic E-state index is 0.157. The van der Waals surface area contributed by atoms with Gasteiger partial charge in [0.25, 0.3) is 0 Å². The van der Waals surface area contributed by atoms with E-state index in [0.717, 1.165) is 25.7 Å². The zero-order valence-corrected chi connectivity index (χ0v) is 14.6. The molecule has 4 rings (SSSR count). The Labute approximate surface area is 148 Å². The Morgan fingerprint density at radius 1 is 1.20 bits per heavy atom. The summed E-state index contributed by atoms with van der Waals surface area (Å²) in [6, 6.07) is 17.0. The molecule has 0 saturated carbocycles. The fourth-order valence-corrected chi connectivity index (χ4v) is 3.87. The van der Waals surface area contributed by atoms with E-state index in [0.29, 0.717) is 6.42 Å². The molecule has 0 radical (unpaired) electrons. The van der Waals surface area contributed by atoms with Crippen molar-refractivity contribution in [2.45, 2.75) is 45.1 Å². The van der Waals surface area contributed by atoms with Crippen molar-refractivity contribution in [1.82, 2.24) is 10.3 Å². The third-order valence-corrected chi connectivity index (χ3v) is 5.19. The van der Waals surface area contributed by atoms with Crippen LogP contribution in [0.3, 0.4) is 0 Å². The highest BCUT2D eigenvalue weighted by Crippen LogP contribution is 2.29. The number of rotatable bonds is 4. The van der Waals surface area contributed by atoms with Crippen LogP contribution in [0.1, 0.15) is 35.2 Å². The summed E-state index contributed by atoms with van der Waals surface area (Å²) in [7, 11) is 0. The van der Waals surface area contributed by atoms with E-state index in [2.05, 4.69) is 47.6 Å². The molecule has 3 nitrogen and oxygen atoms in total. The van der Waals surface area contributed by atoms with Gasteiger partial charge in [0, 0.05) is 35.5 Å². The van der Waals surface area contributed by atoms with E-state index in [4.69, 9.17) is 0 Å². The first-order chi connectivity index (χ1) is 12.2. The molecule has 3 aromatic rings. The summed E-state index contributed by atoms with van der Waals surface area (Å²) in [6.45, 7) is 2.14. The van der Waals surface area contributed by atoms with Gasteiger partial charge >= 0.3 is 0 Å². The minimum Gasteiger partial charge on any atom is -0.358 e. The van der Waals surface area contributed by atoms with E-state index >= 15 is 0 Å². The zero-order valence-electron chi connectivity index (χ0n) is 14.6. The van der Waals surface area contributed by atoms with Crippen LogP contribution >= 0.6 is 0 Å². The largest absolute Gasteiger partial charge is 0.358 e. The summed E-state index contributed by atoms with van der Waals surface area (Å²) in [5.74, 6) is 0.157. The van der Waals surface area contributed by atoms with E-state index in [9.17, 15) is 4.79 Å². The number of fused-ring (bicyclic) bond motifs is 3. The van der Waals surface area contributed by atoms with Crippen LogP contribution in [0, 0.1) is 6.92 Å². The molecule has 1 amide bonds. The lowest BCUT2D eigenvalue weighted by atomic mass is 9.91. The molecular weight excluding hydrogens is 308 g/mol. The van der Waals surface area contributed by atoms with Crippen LogP contribution in [0.2, 0.25) is 0 Å². The maximum Gasteiger partial charge on any atom is 0.220 e. The second-order valence-electron chi connectivity index (χ2n) is 7.12. The molecule has 128 valence electrons. The maximum atomic E-state index is 12.3. The number of benzene rings is 2. The number of amides is 1. The molecule has 25 heavy (non-hydrogen) atoms. The average Bonchev–Trinajstić information content (AvgIpc) is 2.98. The second-order valence-corrected chi connectivity index (χ2v) is 7.12. The zero-order chi connectivity index (χ0) is 17.2. The van der Waals surface area contributed by atoms with Crippen LogP contribution in [0.4, 0.5) is 0 Å². The van der Waals surface area contributed by atoms with Crippen molar-refractivity contribution in [2.75, 3.05) is 0 Å². The molecule has 0 saturated heterocycles. The van der Waals surface area contributed by atoms with E-state index in [-0.39, 0.29) is 11.9 Å². The van der Waals surface area contributed by atoms with E-state index in [1.54, 1.807) is 0 Å². The van der Waals surface area contributed by atoms with Crippen LogP contribution in [0.25, 0.3) is 10.9 Å². The highest BCUT2D eigenvalue weighted by molar-refractivity contribution is 5.85. The number of H-pyrrole nitrogens is 1. The van der Waals surface area contributed by atoms with Gasteiger partial charge < -0.3 is 10.3 Å². The van der Waals surface area contributed by atoms with Crippen LogP contribution in [-0.4, -0.2) is 16.9 Å². The topological polar surface area (TPSA) is 44.9 Å². The third kappa shape index (κ3) is 3.46. The molecule has 2 N–H and O–H groups in total. The Kier molecular flexibility index (Phi) is 4.31. The molecule has 1 atom stereocenters. The van der Waals surface area contributed by atoms with Gasteiger partial charge in [-0.05, 0) is 49.4 Å². The van der Waals surface area contributed by atoms with Gasteiger partial charge in [0.15, 0.2) is 0 Å². The first-order valence-electron chi connectivity index (χ1n) is 9.12. The highest BCUT2D eigenvalue weighted by Gasteiger charge is 2.23. The summed E-state index contributed by atoms with van der Waals surface area (Å²) in [4.78, 5) is 15.8. The molecular formula is C22H24N2O. The van der Waals surface area contributed by atoms with Gasteiger partial charge in [-0.2, -0.15) is 0 Å². The van der Waals surface area contributed by atoms with Crippen LogP contribution in [-0.2, 0) is 24.1 Å². The smallest absolute Gasteiger partial charge is 0.220 e. The summed E-state index contributed by atoms with van der Waals surface area (Å²) >= 11 is 0. The molecule has 0 fully saturated rings. The van der Waals surface area contributed by atoms with Crippen molar-refractivity contribution in [3.63, 3.8) is 0 Å². The van der Waals surface area contributed by atoms with Crippen molar-refractivity contribution >= 4 is 16.8 Å². The molecule has 1 aliphatic carbocycles. The number of hydrogen-bond acceptors (Lipinski definition) is 1. The number of carbonyl (C=O) groups is 1. The fraction of sp³-hybridized carbons (Fsp3) is 0.318. The van der Waals surface area contributed by atoms with Gasteiger partial charge in [-0.25, -0.2) is 0 Å². The lowest BCUT2D eigenvalue weighted by molar-refractivity contribution is -0.121. The van der Waals surface area contributed by atoms with Gasteiger partial charge in [0.05, 0.1) is 0 Å². The monoisotopic (exact) mass is 332 g/mol. The molecule has 0 bridgehead atoms. The number of aromatic nitrogens is 1. The predicted octanol–water partition coefficient (Wildman–Crippen LogP) is 4.08. The minimum absolute atomic E-state index is 0.157. The first-order valence-corrected chi connectivity index (χ1v) is 9.12. The van der Waals surface area contributed by atoms with Crippen LogP contribution < -0.4 is 5.32 Å². The molecule has 1 aliphatic rings. The Bertz CT molecular complexity index is 895. The molecule has 1 aromatic heterocycles. The molecule has 2 aromatic carbocycles. The van der Waals surface area contributed by atoms with Crippen LogP contribution in [0.15, 0.2) is 48.5 Å². The summed E-state index contributed by atoms with van der Waals surface area (Å²) < 4.78 is 0. The lowest BCUT2D eigenvalue weighted by Crippen LogP contribution is -2.38. The fourth-order valence-electron chi connectivity index (χ4n) is 3.87. The van der Waals surface area contributed by atoms with Gasteiger partial charge in [0.1, 0.15) is 0 Å². The summed E-state index contributed by atoms with van der Waals surface area (Å²) in [5.41, 5.74) is 6.46. The van der Waals surface area contributed by atoms with Gasteiger partial charge in [-0.15, -0.1) is 0 Å². The number of aromatic amines is 1. The molecule has 0 spiro atoms. The number of aryl methyl sites for hydroxylation is 3. The molecule has 0 aliphatic heterocycles. The van der Waals surface area contributed by atoms with Crippen LogP contribution in [0.5, 0.6) is 0 Å². The number of nitrogens with one attached hydrogen (secondary N) is 2. The van der Waals surface area contributed by atoms with E-state index < -0.39 is 0 Å². The molecule has 1 unspecified atom stereocenters. The average molecular weight is 332 g/mol. The quantitative estimate of drug-likeness (QED) is 0.743. The molecule has 1 heterocycles. The van der Waals surface area contributed by atoms with E-state index in [1.165, 1.54) is 33.3 Å². The Balaban J connectivity index is 1.39. The number of hydrogen-bond donors (Lipinski definition) is 2. The predicted molar refractivity (Wildman–Crippen MR) is 102 cm³/mol. The van der Waals surface area contributed by atoms with Crippen molar-refractivity contribution < 1.29 is 4.79 Å². The van der Waals surface area contributed by atoms with Crippen molar-refractivity contribution in [3.05, 3.63) is 70.9 Å². The second kappa shape index (κ2) is 6.75. The third-order valence-electron chi connectivity index (χ3n) is 5.19. The van der Waals surface area contributed by atoms with Crippen molar-refractivity contribution in [2.24, 2.45) is 0 Å². The van der Waals surface area contributed by atoms with E-state index in [1.807, 2.05) is 18.2 Å². The molecule has 3 heteroatoms. The van der Waals surface area contributed by atoms with Gasteiger partial charge in [0.2, 0.25) is 5.91 Å². The van der Waals surface area contributed by atoms with Gasteiger partial charge in [-0.3, -0.25) is 4.79 Å². The maximum absolute atomic E-state index is 12.3. The summed E-state index contributed by atoms with van der Waals surface area (Å²) in [5, 5.41) is 4.58.